The van der Waals surface area contributed by atoms with Gasteiger partial charge in [0.05, 0.1) is 12.1 Å². The van der Waals surface area contributed by atoms with E-state index in [4.69, 9.17) is 0 Å². The molecule has 0 radical (unpaired) electrons. The van der Waals surface area contributed by atoms with Crippen LogP contribution in [0.25, 0.3) is 11.1 Å². The third-order valence-corrected chi connectivity index (χ3v) is 6.38. The molecule has 1 aliphatic rings. The largest absolute Gasteiger partial charge is 0.326 e. The Morgan fingerprint density at radius 2 is 1.47 bits per heavy atom. The van der Waals surface area contributed by atoms with Crippen molar-refractivity contribution in [3.63, 3.8) is 0 Å². The number of amides is 2. The highest BCUT2D eigenvalue weighted by Crippen LogP contribution is 2.36. The SMILES string of the molecule is Cc1ccccc1CC(=O)Nc1ccc(C(=O)N2CCc3ccccc3-c3ccccc32)cc1. The van der Waals surface area contributed by atoms with E-state index in [2.05, 4.69) is 23.5 Å². The Morgan fingerprint density at radius 1 is 0.794 bits per heavy atom. The van der Waals surface area contributed by atoms with Gasteiger partial charge < -0.3 is 10.2 Å². The van der Waals surface area contributed by atoms with Crippen LogP contribution >= 0.6 is 0 Å². The molecule has 0 unspecified atom stereocenters. The number of hydrogen-bond donors (Lipinski definition) is 1. The quantitative estimate of drug-likeness (QED) is 0.415. The van der Waals surface area contributed by atoms with Crippen molar-refractivity contribution in [2.45, 2.75) is 19.8 Å². The minimum absolute atomic E-state index is 0.0435. The van der Waals surface area contributed by atoms with E-state index in [1.54, 1.807) is 24.3 Å². The summed E-state index contributed by atoms with van der Waals surface area (Å²) in [6, 6.07) is 31.4. The Hall–Kier alpha value is -4.18. The van der Waals surface area contributed by atoms with Crippen LogP contribution in [0.1, 0.15) is 27.0 Å². The molecule has 0 fully saturated rings. The van der Waals surface area contributed by atoms with Crippen LogP contribution in [0.2, 0.25) is 0 Å². The summed E-state index contributed by atoms with van der Waals surface area (Å²) in [4.78, 5) is 27.9. The molecular formula is C30H26N2O2. The normalized spacial score (nSPS) is 12.3. The first-order valence-electron chi connectivity index (χ1n) is 11.5. The number of aryl methyl sites for hydroxylation is 1. The van der Waals surface area contributed by atoms with E-state index in [0.717, 1.165) is 28.8 Å². The molecule has 0 atom stereocenters. The van der Waals surface area contributed by atoms with E-state index >= 15 is 0 Å². The van der Waals surface area contributed by atoms with Crippen molar-refractivity contribution in [3.05, 3.63) is 119 Å². The Morgan fingerprint density at radius 3 is 2.26 bits per heavy atom. The number of rotatable bonds is 4. The van der Waals surface area contributed by atoms with Gasteiger partial charge in [-0.1, -0.05) is 66.7 Å². The van der Waals surface area contributed by atoms with E-state index in [0.29, 0.717) is 24.2 Å². The summed E-state index contributed by atoms with van der Waals surface area (Å²) in [5, 5.41) is 2.94. The van der Waals surface area contributed by atoms with Crippen molar-refractivity contribution in [2.24, 2.45) is 0 Å². The van der Waals surface area contributed by atoms with Crippen LogP contribution in [0.15, 0.2) is 97.1 Å². The Kier molecular flexibility index (Phi) is 5.96. The molecular weight excluding hydrogens is 420 g/mol. The predicted molar refractivity (Wildman–Crippen MR) is 137 cm³/mol. The summed E-state index contributed by atoms with van der Waals surface area (Å²) >= 11 is 0. The van der Waals surface area contributed by atoms with Crippen LogP contribution in [-0.4, -0.2) is 18.4 Å². The van der Waals surface area contributed by atoms with E-state index < -0.39 is 0 Å². The molecule has 4 aromatic carbocycles. The fraction of sp³-hybridized carbons (Fsp3) is 0.133. The van der Waals surface area contributed by atoms with Crippen LogP contribution in [0.5, 0.6) is 0 Å². The molecule has 34 heavy (non-hydrogen) atoms. The van der Waals surface area contributed by atoms with Crippen LogP contribution < -0.4 is 10.2 Å². The molecule has 0 bridgehead atoms. The predicted octanol–water partition coefficient (Wildman–Crippen LogP) is 6.05. The lowest BCUT2D eigenvalue weighted by molar-refractivity contribution is -0.115. The van der Waals surface area contributed by atoms with E-state index in [1.165, 1.54) is 11.1 Å². The summed E-state index contributed by atoms with van der Waals surface area (Å²) in [5.41, 5.74) is 7.80. The highest BCUT2D eigenvalue weighted by Gasteiger charge is 2.24. The van der Waals surface area contributed by atoms with Gasteiger partial charge in [0.15, 0.2) is 0 Å². The zero-order valence-corrected chi connectivity index (χ0v) is 19.1. The molecule has 4 aromatic rings. The van der Waals surface area contributed by atoms with Crippen LogP contribution in [0, 0.1) is 6.92 Å². The Labute approximate surface area is 199 Å². The van der Waals surface area contributed by atoms with Gasteiger partial charge in [-0.2, -0.15) is 0 Å². The zero-order valence-electron chi connectivity index (χ0n) is 19.1. The molecule has 168 valence electrons. The fourth-order valence-corrected chi connectivity index (χ4v) is 4.54. The maximum Gasteiger partial charge on any atom is 0.258 e. The zero-order chi connectivity index (χ0) is 23.5. The minimum atomic E-state index is -0.0763. The standard InChI is InChI=1S/C30H26N2O2/c1-21-8-2-3-10-24(21)20-29(33)31-25-16-14-23(15-17-25)30(34)32-19-18-22-9-4-5-11-26(22)27-12-6-7-13-28(27)32/h2-17H,18-20H2,1H3,(H,31,33). The molecule has 0 spiro atoms. The van der Waals surface area contributed by atoms with E-state index in [9.17, 15) is 9.59 Å². The lowest BCUT2D eigenvalue weighted by Crippen LogP contribution is -2.32. The highest BCUT2D eigenvalue weighted by molar-refractivity contribution is 6.09. The van der Waals surface area contributed by atoms with Crippen LogP contribution in [0.3, 0.4) is 0 Å². The number of carbonyl (C=O) groups excluding carboxylic acids is 2. The molecule has 1 N–H and O–H groups in total. The number of para-hydroxylation sites is 1. The topological polar surface area (TPSA) is 49.4 Å². The molecule has 1 heterocycles. The number of fused-ring (bicyclic) bond motifs is 3. The summed E-state index contributed by atoms with van der Waals surface area (Å²) in [7, 11) is 0. The van der Waals surface area contributed by atoms with Gasteiger partial charge in [-0.05, 0) is 65.9 Å². The number of nitrogens with zero attached hydrogens (tertiary/aromatic N) is 1. The Balaban J connectivity index is 1.34. The monoisotopic (exact) mass is 446 g/mol. The van der Waals surface area contributed by atoms with Gasteiger partial charge in [0.25, 0.3) is 5.91 Å². The van der Waals surface area contributed by atoms with Gasteiger partial charge in [-0.3, -0.25) is 9.59 Å². The number of carbonyl (C=O) groups is 2. The first-order valence-corrected chi connectivity index (χ1v) is 11.5. The van der Waals surface area contributed by atoms with Crippen LogP contribution in [-0.2, 0) is 17.6 Å². The van der Waals surface area contributed by atoms with Gasteiger partial charge in [0.1, 0.15) is 0 Å². The first kappa shape index (κ1) is 21.7. The molecule has 0 saturated heterocycles. The van der Waals surface area contributed by atoms with Gasteiger partial charge in [0.2, 0.25) is 5.91 Å². The van der Waals surface area contributed by atoms with E-state index in [1.807, 2.05) is 66.4 Å². The lowest BCUT2D eigenvalue weighted by Gasteiger charge is -2.23. The number of nitrogens with one attached hydrogen (secondary N) is 1. The second-order valence-electron chi connectivity index (χ2n) is 8.61. The third-order valence-electron chi connectivity index (χ3n) is 6.38. The molecule has 0 aliphatic carbocycles. The van der Waals surface area contributed by atoms with Crippen molar-refractivity contribution in [1.29, 1.82) is 0 Å². The van der Waals surface area contributed by atoms with Gasteiger partial charge in [-0.25, -0.2) is 0 Å². The molecule has 0 aromatic heterocycles. The molecule has 2 amide bonds. The average molecular weight is 447 g/mol. The minimum Gasteiger partial charge on any atom is -0.326 e. The van der Waals surface area contributed by atoms with Crippen LogP contribution in [0.4, 0.5) is 11.4 Å². The third kappa shape index (κ3) is 4.35. The van der Waals surface area contributed by atoms with Gasteiger partial charge in [0, 0.05) is 23.4 Å². The molecule has 0 saturated carbocycles. The summed E-state index contributed by atoms with van der Waals surface area (Å²) < 4.78 is 0. The molecule has 5 rings (SSSR count). The fourth-order valence-electron chi connectivity index (χ4n) is 4.54. The van der Waals surface area contributed by atoms with Crippen molar-refractivity contribution >= 4 is 23.2 Å². The maximum atomic E-state index is 13.5. The smallest absolute Gasteiger partial charge is 0.258 e. The molecule has 4 nitrogen and oxygen atoms in total. The second kappa shape index (κ2) is 9.36. The maximum absolute atomic E-state index is 13.5. The Bertz CT molecular complexity index is 1360. The second-order valence-corrected chi connectivity index (χ2v) is 8.61. The highest BCUT2D eigenvalue weighted by atomic mass is 16.2. The summed E-state index contributed by atoms with van der Waals surface area (Å²) in [6.07, 6.45) is 1.11. The van der Waals surface area contributed by atoms with Crippen molar-refractivity contribution < 1.29 is 9.59 Å². The number of benzene rings is 4. The van der Waals surface area contributed by atoms with Gasteiger partial charge in [-0.15, -0.1) is 0 Å². The average Bonchev–Trinajstić information content (AvgIpc) is 3.03. The van der Waals surface area contributed by atoms with Crippen molar-refractivity contribution in [1.82, 2.24) is 0 Å². The van der Waals surface area contributed by atoms with Crippen molar-refractivity contribution in [2.75, 3.05) is 16.8 Å². The summed E-state index contributed by atoms with van der Waals surface area (Å²) in [5.74, 6) is -0.120. The van der Waals surface area contributed by atoms with E-state index in [-0.39, 0.29) is 11.8 Å². The molecule has 4 heteroatoms. The van der Waals surface area contributed by atoms with Crippen molar-refractivity contribution in [3.8, 4) is 11.1 Å². The number of anilines is 2. The molecule has 1 aliphatic heterocycles. The van der Waals surface area contributed by atoms with Gasteiger partial charge >= 0.3 is 0 Å². The lowest BCUT2D eigenvalue weighted by atomic mass is 9.98. The first-order chi connectivity index (χ1) is 16.6. The number of hydrogen-bond acceptors (Lipinski definition) is 2. The summed E-state index contributed by atoms with van der Waals surface area (Å²) in [6.45, 7) is 2.62.